The van der Waals surface area contributed by atoms with Crippen LogP contribution in [-0.2, 0) is 4.74 Å². The zero-order valence-electron chi connectivity index (χ0n) is 12.5. The zero-order valence-corrected chi connectivity index (χ0v) is 13.3. The largest absolute Gasteiger partial charge is 0.388 e. The minimum absolute atomic E-state index is 0.0441. The molecular formula is C17H23FO2S. The van der Waals surface area contributed by atoms with Gasteiger partial charge in [0.2, 0.25) is 0 Å². The first-order chi connectivity index (χ1) is 10.1. The lowest BCUT2D eigenvalue weighted by Gasteiger charge is -2.44. The van der Waals surface area contributed by atoms with Crippen LogP contribution in [0.25, 0.3) is 0 Å². The van der Waals surface area contributed by atoms with Crippen molar-refractivity contribution in [2.24, 2.45) is 5.92 Å². The first-order valence-electron chi connectivity index (χ1n) is 7.75. The van der Waals surface area contributed by atoms with Crippen molar-refractivity contribution in [2.45, 2.75) is 44.3 Å². The smallest absolute Gasteiger partial charge is 0.123 e. The Kier molecular flexibility index (Phi) is 4.57. The number of aliphatic hydroxyl groups excluding tert-OH is 1. The Morgan fingerprint density at radius 3 is 2.81 bits per heavy atom. The molecule has 2 fully saturated rings. The fourth-order valence-corrected chi connectivity index (χ4v) is 4.87. The predicted octanol–water partition coefficient (Wildman–Crippen LogP) is 3.86. The van der Waals surface area contributed by atoms with Crippen molar-refractivity contribution >= 4 is 11.8 Å². The summed E-state index contributed by atoms with van der Waals surface area (Å²) in [7, 11) is 0. The monoisotopic (exact) mass is 310 g/mol. The van der Waals surface area contributed by atoms with Crippen LogP contribution >= 0.6 is 11.8 Å². The molecule has 2 unspecified atom stereocenters. The molecule has 0 radical (unpaired) electrons. The molecule has 1 aromatic carbocycles. The van der Waals surface area contributed by atoms with Crippen LogP contribution in [0.4, 0.5) is 4.39 Å². The molecular weight excluding hydrogens is 287 g/mol. The molecule has 2 aliphatic rings. The third-order valence-electron chi connectivity index (χ3n) is 4.79. The van der Waals surface area contributed by atoms with E-state index < -0.39 is 6.10 Å². The van der Waals surface area contributed by atoms with E-state index in [0.29, 0.717) is 12.2 Å². The van der Waals surface area contributed by atoms with Gasteiger partial charge in [0.25, 0.3) is 0 Å². The molecule has 116 valence electrons. The van der Waals surface area contributed by atoms with Gasteiger partial charge in [-0.15, -0.1) is 0 Å². The number of benzene rings is 1. The topological polar surface area (TPSA) is 29.5 Å². The Balaban J connectivity index is 1.76. The van der Waals surface area contributed by atoms with E-state index in [1.165, 1.54) is 12.1 Å². The second kappa shape index (κ2) is 6.27. The molecule has 2 saturated heterocycles. The summed E-state index contributed by atoms with van der Waals surface area (Å²) in [6.07, 6.45) is 3.30. The quantitative estimate of drug-likeness (QED) is 0.899. The number of aryl methyl sites for hydroxylation is 1. The second-order valence-electron chi connectivity index (χ2n) is 6.40. The third-order valence-corrected chi connectivity index (χ3v) is 5.77. The maximum absolute atomic E-state index is 13.6. The fourth-order valence-electron chi connectivity index (χ4n) is 3.63. The predicted molar refractivity (Wildman–Crippen MR) is 84.1 cm³/mol. The Labute approximate surface area is 130 Å². The lowest BCUT2D eigenvalue weighted by Crippen LogP contribution is -2.44. The summed E-state index contributed by atoms with van der Waals surface area (Å²) >= 11 is 1.98. The molecule has 2 aliphatic heterocycles. The molecule has 2 heterocycles. The molecule has 4 heteroatoms. The van der Waals surface area contributed by atoms with Gasteiger partial charge >= 0.3 is 0 Å². The van der Waals surface area contributed by atoms with Crippen molar-refractivity contribution in [1.29, 1.82) is 0 Å². The van der Waals surface area contributed by atoms with E-state index in [4.69, 9.17) is 4.74 Å². The van der Waals surface area contributed by atoms with Crippen molar-refractivity contribution < 1.29 is 14.2 Å². The molecule has 21 heavy (non-hydrogen) atoms. The maximum atomic E-state index is 13.6. The number of halogens is 1. The van der Waals surface area contributed by atoms with Crippen LogP contribution in [0.1, 0.15) is 42.9 Å². The standard InChI is InChI=1S/C17H23FO2S/c1-12-8-14(10-15(18)9-12)16(19)13-2-5-20-17(11-13)3-6-21-7-4-17/h8-10,13,16,19H,2-7,11H2,1H3. The van der Waals surface area contributed by atoms with E-state index in [9.17, 15) is 9.50 Å². The molecule has 2 nitrogen and oxygen atoms in total. The average molecular weight is 310 g/mol. The molecule has 2 atom stereocenters. The average Bonchev–Trinajstić information content (AvgIpc) is 2.46. The second-order valence-corrected chi connectivity index (χ2v) is 7.63. The highest BCUT2D eigenvalue weighted by atomic mass is 32.2. The molecule has 0 aliphatic carbocycles. The molecule has 1 spiro atoms. The van der Waals surface area contributed by atoms with E-state index in [2.05, 4.69) is 0 Å². The van der Waals surface area contributed by atoms with Gasteiger partial charge in [-0.2, -0.15) is 11.8 Å². The molecule has 0 saturated carbocycles. The Morgan fingerprint density at radius 1 is 1.33 bits per heavy atom. The highest BCUT2D eigenvalue weighted by molar-refractivity contribution is 7.99. The first-order valence-corrected chi connectivity index (χ1v) is 8.90. The molecule has 3 rings (SSSR count). The van der Waals surface area contributed by atoms with Gasteiger partial charge in [-0.05, 0) is 73.3 Å². The van der Waals surface area contributed by atoms with Crippen molar-refractivity contribution in [3.63, 3.8) is 0 Å². The SMILES string of the molecule is Cc1cc(F)cc(C(O)C2CCOC3(CCSCC3)C2)c1. The summed E-state index contributed by atoms with van der Waals surface area (Å²) in [6.45, 7) is 2.57. The van der Waals surface area contributed by atoms with E-state index in [0.717, 1.165) is 42.8 Å². The third kappa shape index (κ3) is 3.43. The molecule has 1 N–H and O–H groups in total. The molecule has 0 bridgehead atoms. The van der Waals surface area contributed by atoms with Crippen LogP contribution in [0.5, 0.6) is 0 Å². The van der Waals surface area contributed by atoms with Crippen molar-refractivity contribution in [1.82, 2.24) is 0 Å². The van der Waals surface area contributed by atoms with Gasteiger partial charge in [0.05, 0.1) is 11.7 Å². The highest BCUT2D eigenvalue weighted by Gasteiger charge is 2.41. The van der Waals surface area contributed by atoms with E-state index >= 15 is 0 Å². The van der Waals surface area contributed by atoms with E-state index in [-0.39, 0.29) is 17.3 Å². The minimum Gasteiger partial charge on any atom is -0.388 e. The zero-order chi connectivity index (χ0) is 14.9. The van der Waals surface area contributed by atoms with Gasteiger partial charge in [-0.1, -0.05) is 6.07 Å². The molecule has 0 amide bonds. The first kappa shape index (κ1) is 15.3. The summed E-state index contributed by atoms with van der Waals surface area (Å²) in [5.74, 6) is 2.19. The number of thioether (sulfide) groups is 1. The number of hydrogen-bond donors (Lipinski definition) is 1. The number of ether oxygens (including phenoxy) is 1. The van der Waals surface area contributed by atoms with E-state index in [1.54, 1.807) is 0 Å². The fraction of sp³-hybridized carbons (Fsp3) is 0.647. The normalized spacial score (nSPS) is 26.7. The summed E-state index contributed by atoms with van der Waals surface area (Å²) in [4.78, 5) is 0. The van der Waals surface area contributed by atoms with Crippen molar-refractivity contribution in [2.75, 3.05) is 18.1 Å². The van der Waals surface area contributed by atoms with Gasteiger partial charge < -0.3 is 9.84 Å². The molecule has 0 aromatic heterocycles. The van der Waals surface area contributed by atoms with Gasteiger partial charge in [0.1, 0.15) is 5.82 Å². The van der Waals surface area contributed by atoms with Gasteiger partial charge in [-0.3, -0.25) is 0 Å². The van der Waals surface area contributed by atoms with Crippen LogP contribution in [0.15, 0.2) is 18.2 Å². The van der Waals surface area contributed by atoms with Gasteiger partial charge in [0, 0.05) is 6.61 Å². The lowest BCUT2D eigenvalue weighted by molar-refractivity contribution is -0.121. The summed E-state index contributed by atoms with van der Waals surface area (Å²) in [6, 6.07) is 4.86. The van der Waals surface area contributed by atoms with Crippen molar-refractivity contribution in [3.8, 4) is 0 Å². The van der Waals surface area contributed by atoms with Crippen LogP contribution in [0.2, 0.25) is 0 Å². The number of aliphatic hydroxyl groups is 1. The Bertz CT molecular complexity index is 474. The van der Waals surface area contributed by atoms with Crippen molar-refractivity contribution in [3.05, 3.63) is 35.1 Å². The van der Waals surface area contributed by atoms with Crippen LogP contribution in [0.3, 0.4) is 0 Å². The van der Waals surface area contributed by atoms with Crippen LogP contribution in [-0.4, -0.2) is 28.8 Å². The Hall–Kier alpha value is -0.580. The number of hydrogen-bond acceptors (Lipinski definition) is 3. The number of rotatable bonds is 2. The highest BCUT2D eigenvalue weighted by Crippen LogP contribution is 2.43. The van der Waals surface area contributed by atoms with Gasteiger partial charge in [-0.25, -0.2) is 4.39 Å². The summed E-state index contributed by atoms with van der Waals surface area (Å²) in [5.41, 5.74) is 1.52. The van der Waals surface area contributed by atoms with Crippen LogP contribution in [0, 0.1) is 18.7 Å². The van der Waals surface area contributed by atoms with E-state index in [1.807, 2.05) is 24.8 Å². The summed E-state index contributed by atoms with van der Waals surface area (Å²) < 4.78 is 19.6. The van der Waals surface area contributed by atoms with Gasteiger partial charge in [0.15, 0.2) is 0 Å². The maximum Gasteiger partial charge on any atom is 0.123 e. The lowest BCUT2D eigenvalue weighted by atomic mass is 9.78. The summed E-state index contributed by atoms with van der Waals surface area (Å²) in [5, 5.41) is 10.7. The minimum atomic E-state index is -0.588. The molecule has 1 aromatic rings. The van der Waals surface area contributed by atoms with Crippen LogP contribution < -0.4 is 0 Å². The Morgan fingerprint density at radius 2 is 2.10 bits per heavy atom.